The maximum absolute atomic E-state index is 14.6. The van der Waals surface area contributed by atoms with Gasteiger partial charge in [-0.3, -0.25) is 0 Å². The predicted octanol–water partition coefficient (Wildman–Crippen LogP) is 23.8. The van der Waals surface area contributed by atoms with Crippen molar-refractivity contribution in [3.63, 3.8) is 0 Å². The van der Waals surface area contributed by atoms with Gasteiger partial charge in [-0.05, 0) is 153 Å². The first-order chi connectivity index (χ1) is 48.9. The summed E-state index contributed by atoms with van der Waals surface area (Å²) in [5, 5.41) is 8.90. The van der Waals surface area contributed by atoms with Crippen LogP contribution in [0.5, 0.6) is 11.5 Å². The number of carbonyl (C=O) groups excluding carboxylic acids is 2. The van der Waals surface area contributed by atoms with E-state index in [-0.39, 0.29) is 17.1 Å². The molecule has 0 atom stereocenters. The number of nitrogens with zero attached hydrogens (tertiary/aromatic N) is 6. The van der Waals surface area contributed by atoms with Gasteiger partial charge in [0.2, 0.25) is 0 Å². The number of aromatic nitrogens is 6. The van der Waals surface area contributed by atoms with Crippen molar-refractivity contribution in [1.29, 1.82) is 0 Å². The zero-order chi connectivity index (χ0) is 71.2. The van der Waals surface area contributed by atoms with Crippen LogP contribution in [-0.4, -0.2) is 52.9 Å². The van der Waals surface area contributed by atoms with Crippen molar-refractivity contribution in [3.8, 4) is 45.7 Å². The van der Waals surface area contributed by atoms with Crippen LogP contribution in [0.25, 0.3) is 34.2 Å². The molecular weight excluding hydrogens is 1250 g/mol. The molecule has 3 heterocycles. The maximum atomic E-state index is 14.6. The van der Waals surface area contributed by atoms with Crippen molar-refractivity contribution >= 4 is 17.9 Å². The number of halogens is 2. The van der Waals surface area contributed by atoms with Crippen LogP contribution >= 0.6 is 0 Å². The molecule has 1 N–H and O–H groups in total. The van der Waals surface area contributed by atoms with Crippen LogP contribution in [0, 0.1) is 11.6 Å². The first-order valence-corrected chi connectivity index (χ1v) is 37.9. The summed E-state index contributed by atoms with van der Waals surface area (Å²) in [6, 6.07) is 30.2. The zero-order valence-corrected chi connectivity index (χ0v) is 60.7. The molecule has 0 aliphatic carbocycles. The van der Waals surface area contributed by atoms with E-state index >= 15 is 0 Å². The molecule has 0 aliphatic rings. The van der Waals surface area contributed by atoms with Gasteiger partial charge in [-0.1, -0.05) is 250 Å². The van der Waals surface area contributed by atoms with E-state index in [2.05, 4.69) is 64.5 Å². The fourth-order valence-corrected chi connectivity index (χ4v) is 11.8. The number of carboxylic acids is 1. The molecular formula is C86H112F2N6O6. The van der Waals surface area contributed by atoms with Gasteiger partial charge in [0.1, 0.15) is 0 Å². The van der Waals surface area contributed by atoms with E-state index in [1.165, 1.54) is 173 Å². The lowest BCUT2D eigenvalue weighted by atomic mass is 10.0. The van der Waals surface area contributed by atoms with E-state index in [9.17, 15) is 23.2 Å². The monoisotopic (exact) mass is 1360 g/mol. The quantitative estimate of drug-likeness (QED) is 0.0218. The fourth-order valence-electron chi connectivity index (χ4n) is 11.8. The number of carboxylic acid groups (broad SMARTS) is 1. The summed E-state index contributed by atoms with van der Waals surface area (Å²) in [6.07, 6.45) is 54.6. The summed E-state index contributed by atoms with van der Waals surface area (Å²) in [6.45, 7) is 11.1. The lowest BCUT2D eigenvalue weighted by Gasteiger charge is -2.08. The Labute approximate surface area is 596 Å². The summed E-state index contributed by atoms with van der Waals surface area (Å²) in [4.78, 5) is 62.9. The molecule has 5 aromatic carbocycles. The number of carbonyl (C=O) groups is 3. The van der Waals surface area contributed by atoms with Crippen molar-refractivity contribution in [3.05, 3.63) is 203 Å². The Morgan fingerprint density at radius 3 is 0.770 bits per heavy atom. The molecule has 14 heteroatoms. The number of aromatic carboxylic acids is 1. The standard InChI is InChI=1S/C34H45FN2O2.C33H43FN2O2.C19H24N2O2/c1-3-5-7-9-11-13-14-16-27-18-23-32(31(35)24-27)39-34(38)30-21-19-29(20-22-30)33-36-25-28(26-37-33)17-15-12-10-8-6-4-2;1-3-5-7-9-11-13-15-26-17-22-31(30(34)23-26)38-33(37)29-20-18-28(19-21-29)32-35-24-27(25-36-32)16-14-12-10-8-6-4-2;1-2-3-4-5-6-7-8-15-13-20-18(21-14-15)16-9-11-17(12-10-16)19(22)23/h18-26H,3-17H2,1-2H3;17-25H,3-16H2,1-2H3;9-14H,2-8H2,1H3,(H,22,23). The molecule has 0 amide bonds. The molecule has 0 saturated carbocycles. The molecule has 12 nitrogen and oxygen atoms in total. The highest BCUT2D eigenvalue weighted by Gasteiger charge is 2.17. The molecule has 100 heavy (non-hydrogen) atoms. The number of aryl methyl sites for hydroxylation is 5. The second-order valence-electron chi connectivity index (χ2n) is 26.5. The van der Waals surface area contributed by atoms with Gasteiger partial charge in [-0.2, -0.15) is 0 Å². The second-order valence-corrected chi connectivity index (χ2v) is 26.5. The molecule has 0 bridgehead atoms. The molecule has 8 rings (SSSR count). The topological polar surface area (TPSA) is 167 Å². The van der Waals surface area contributed by atoms with Gasteiger partial charge in [0, 0.05) is 53.9 Å². The summed E-state index contributed by atoms with van der Waals surface area (Å²) in [5.41, 5.74) is 8.75. The number of esters is 2. The minimum Gasteiger partial charge on any atom is -0.478 e. The Kier molecular flexibility index (Phi) is 39.0. The van der Waals surface area contributed by atoms with Gasteiger partial charge < -0.3 is 14.6 Å². The van der Waals surface area contributed by atoms with Crippen LogP contribution in [0.1, 0.15) is 293 Å². The molecule has 3 aromatic heterocycles. The van der Waals surface area contributed by atoms with E-state index in [0.29, 0.717) is 28.6 Å². The van der Waals surface area contributed by atoms with Crippen molar-refractivity contribution in [2.75, 3.05) is 0 Å². The Morgan fingerprint density at radius 1 is 0.300 bits per heavy atom. The van der Waals surface area contributed by atoms with Crippen molar-refractivity contribution in [1.82, 2.24) is 29.9 Å². The van der Waals surface area contributed by atoms with Crippen LogP contribution in [0.15, 0.2) is 146 Å². The number of unbranched alkanes of at least 4 members (excludes halogenated alkanes) is 26. The molecule has 0 saturated heterocycles. The van der Waals surface area contributed by atoms with Crippen LogP contribution in [0.4, 0.5) is 8.78 Å². The number of rotatable bonds is 44. The van der Waals surface area contributed by atoms with Gasteiger partial charge in [0.25, 0.3) is 0 Å². The van der Waals surface area contributed by atoms with Crippen LogP contribution in [0.3, 0.4) is 0 Å². The summed E-state index contributed by atoms with van der Waals surface area (Å²) in [5.74, 6) is -1.34. The molecule has 0 unspecified atom stereocenters. The summed E-state index contributed by atoms with van der Waals surface area (Å²) >= 11 is 0. The van der Waals surface area contributed by atoms with Gasteiger partial charge in [-0.15, -0.1) is 0 Å². The van der Waals surface area contributed by atoms with Crippen LogP contribution in [0.2, 0.25) is 0 Å². The average molecular weight is 1360 g/mol. The van der Waals surface area contributed by atoms with Gasteiger partial charge in [0.05, 0.1) is 16.7 Å². The normalized spacial score (nSPS) is 10.9. The number of hydrogen-bond donors (Lipinski definition) is 1. The number of benzene rings is 5. The Morgan fingerprint density at radius 2 is 0.530 bits per heavy atom. The third-order valence-electron chi connectivity index (χ3n) is 18.0. The molecule has 0 radical (unpaired) electrons. The van der Waals surface area contributed by atoms with E-state index in [0.717, 1.165) is 115 Å². The third-order valence-corrected chi connectivity index (χ3v) is 18.0. The minimum atomic E-state index is -0.924. The molecule has 0 spiro atoms. The first-order valence-electron chi connectivity index (χ1n) is 37.9. The highest BCUT2D eigenvalue weighted by Crippen LogP contribution is 2.26. The van der Waals surface area contributed by atoms with Crippen molar-refractivity contribution < 1.29 is 37.7 Å². The average Bonchev–Trinajstić information content (AvgIpc) is 0.861. The molecule has 8 aromatic rings. The Balaban J connectivity index is 0.000000244. The molecule has 536 valence electrons. The van der Waals surface area contributed by atoms with Gasteiger partial charge in [-0.25, -0.2) is 53.1 Å². The number of hydrogen-bond acceptors (Lipinski definition) is 11. The van der Waals surface area contributed by atoms with E-state index < -0.39 is 29.5 Å². The smallest absolute Gasteiger partial charge is 0.343 e. The number of ether oxygens (including phenoxy) is 2. The molecule has 0 fully saturated rings. The van der Waals surface area contributed by atoms with Crippen molar-refractivity contribution in [2.45, 2.75) is 266 Å². The van der Waals surface area contributed by atoms with E-state index in [4.69, 9.17) is 14.6 Å². The van der Waals surface area contributed by atoms with Crippen LogP contribution in [-0.2, 0) is 32.1 Å². The second kappa shape index (κ2) is 48.4. The Hall–Kier alpha value is -8.39. The summed E-state index contributed by atoms with van der Waals surface area (Å²) in [7, 11) is 0. The lowest BCUT2D eigenvalue weighted by Crippen LogP contribution is -2.09. The largest absolute Gasteiger partial charge is 0.478 e. The molecule has 0 aliphatic heterocycles. The third kappa shape index (κ3) is 31.0. The highest BCUT2D eigenvalue weighted by atomic mass is 19.1. The predicted molar refractivity (Wildman–Crippen MR) is 402 cm³/mol. The maximum Gasteiger partial charge on any atom is 0.343 e. The SMILES string of the molecule is CCCCCCCCCc1ccc(OC(=O)c2ccc(-c3ncc(CCCCCCCC)cn3)cc2)c(F)c1.CCCCCCCCc1cnc(-c2ccc(C(=O)O)cc2)nc1.CCCCCCCCc1cnc(-c2ccc(C(=O)Oc3ccc(CCCCCCCC)cc3F)cc2)nc1. The minimum absolute atomic E-state index is 0.0447. The van der Waals surface area contributed by atoms with Crippen LogP contribution < -0.4 is 9.47 Å². The Bertz CT molecular complexity index is 3550. The van der Waals surface area contributed by atoms with Gasteiger partial charge >= 0.3 is 17.9 Å². The van der Waals surface area contributed by atoms with Gasteiger partial charge in [0.15, 0.2) is 40.6 Å². The van der Waals surface area contributed by atoms with E-state index in [1.54, 1.807) is 84.9 Å². The summed E-state index contributed by atoms with van der Waals surface area (Å²) < 4.78 is 39.9. The highest BCUT2D eigenvalue weighted by molar-refractivity contribution is 5.92. The fraction of sp³-hybridized carbons (Fsp3) is 0.477. The van der Waals surface area contributed by atoms with E-state index in [1.807, 2.05) is 49.3 Å². The lowest BCUT2D eigenvalue weighted by molar-refractivity contribution is 0.0692. The zero-order valence-electron chi connectivity index (χ0n) is 60.7. The van der Waals surface area contributed by atoms with Crippen molar-refractivity contribution in [2.24, 2.45) is 0 Å². The first kappa shape index (κ1) is 80.6.